The molecule has 2 aromatic rings. The average Bonchev–Trinajstić information content (AvgIpc) is 2.35. The van der Waals surface area contributed by atoms with Crippen molar-refractivity contribution in [3.63, 3.8) is 0 Å². The third kappa shape index (κ3) is 3.12. The molecule has 0 bridgehead atoms. The molecule has 3 heteroatoms. The van der Waals surface area contributed by atoms with Crippen molar-refractivity contribution in [2.24, 2.45) is 0 Å². The molecule has 1 aromatic heterocycles. The maximum absolute atomic E-state index is 9.57. The van der Waals surface area contributed by atoms with Gasteiger partial charge in [-0.1, -0.05) is 6.07 Å². The summed E-state index contributed by atoms with van der Waals surface area (Å²) in [5.74, 6) is 1.32. The zero-order valence-electron chi connectivity index (χ0n) is 11.8. The molecule has 0 unspecified atom stereocenters. The van der Waals surface area contributed by atoms with Gasteiger partial charge in [0.1, 0.15) is 5.75 Å². The number of rotatable bonds is 3. The number of aliphatic hydroxyl groups is 1. The van der Waals surface area contributed by atoms with Gasteiger partial charge >= 0.3 is 0 Å². The van der Waals surface area contributed by atoms with E-state index in [0.717, 1.165) is 22.4 Å². The second-order valence-electron chi connectivity index (χ2n) is 4.91. The molecule has 0 fully saturated rings. The Morgan fingerprint density at radius 1 is 1.16 bits per heavy atom. The van der Waals surface area contributed by atoms with Gasteiger partial charge in [0.2, 0.25) is 5.88 Å². The molecule has 0 radical (unpaired) electrons. The highest BCUT2D eigenvalue weighted by Crippen LogP contribution is 2.28. The third-order valence-corrected chi connectivity index (χ3v) is 3.22. The van der Waals surface area contributed by atoms with Crippen molar-refractivity contribution in [3.05, 3.63) is 52.7 Å². The monoisotopic (exact) mass is 257 g/mol. The summed E-state index contributed by atoms with van der Waals surface area (Å²) in [6.45, 7) is 7.86. The molecule has 1 heterocycles. The molecule has 1 N–H and O–H groups in total. The van der Waals surface area contributed by atoms with Gasteiger partial charge in [0, 0.05) is 12.3 Å². The number of hydrogen-bond donors (Lipinski definition) is 1. The topological polar surface area (TPSA) is 42.4 Å². The first-order chi connectivity index (χ1) is 8.97. The number of ether oxygens (including phenoxy) is 1. The van der Waals surface area contributed by atoms with Gasteiger partial charge in [0.15, 0.2) is 0 Å². The first-order valence-electron chi connectivity index (χ1n) is 6.37. The molecule has 0 aliphatic carbocycles. The van der Waals surface area contributed by atoms with Crippen LogP contribution in [0.5, 0.6) is 11.6 Å². The molecule has 0 aliphatic heterocycles. The highest BCUT2D eigenvalue weighted by molar-refractivity contribution is 5.43. The van der Waals surface area contributed by atoms with Crippen molar-refractivity contribution in [1.29, 1.82) is 0 Å². The molecule has 0 spiro atoms. The van der Waals surface area contributed by atoms with Gasteiger partial charge in [-0.3, -0.25) is 0 Å². The molecule has 0 saturated heterocycles. The zero-order valence-corrected chi connectivity index (χ0v) is 11.8. The Hall–Kier alpha value is -1.87. The fourth-order valence-corrected chi connectivity index (χ4v) is 1.96. The summed E-state index contributed by atoms with van der Waals surface area (Å²) in [5.41, 5.74) is 4.26. The maximum atomic E-state index is 9.57. The van der Waals surface area contributed by atoms with Gasteiger partial charge in [-0.2, -0.15) is 0 Å². The Morgan fingerprint density at radius 3 is 2.58 bits per heavy atom. The Morgan fingerprint density at radius 2 is 1.89 bits per heavy atom. The minimum Gasteiger partial charge on any atom is -0.439 e. The van der Waals surface area contributed by atoms with Crippen molar-refractivity contribution in [2.75, 3.05) is 0 Å². The predicted octanol–water partition coefficient (Wildman–Crippen LogP) is 3.85. The van der Waals surface area contributed by atoms with Crippen LogP contribution < -0.4 is 4.74 Å². The van der Waals surface area contributed by atoms with Gasteiger partial charge < -0.3 is 9.84 Å². The molecule has 19 heavy (non-hydrogen) atoms. The minimum atomic E-state index is -0.523. The Kier molecular flexibility index (Phi) is 3.86. The van der Waals surface area contributed by atoms with Gasteiger partial charge in [0.05, 0.1) is 6.10 Å². The molecule has 1 aromatic carbocycles. The average molecular weight is 257 g/mol. The van der Waals surface area contributed by atoms with Crippen LogP contribution in [0.1, 0.15) is 35.3 Å². The van der Waals surface area contributed by atoms with Crippen LogP contribution >= 0.6 is 0 Å². The summed E-state index contributed by atoms with van der Waals surface area (Å²) in [4.78, 5) is 4.18. The number of pyridine rings is 1. The molecule has 1 atom stereocenters. The van der Waals surface area contributed by atoms with Crippen molar-refractivity contribution in [3.8, 4) is 11.6 Å². The van der Waals surface area contributed by atoms with Crippen LogP contribution in [0, 0.1) is 20.8 Å². The number of benzene rings is 1. The Labute approximate surface area is 113 Å². The van der Waals surface area contributed by atoms with E-state index in [1.54, 1.807) is 25.3 Å². The van der Waals surface area contributed by atoms with E-state index in [0.29, 0.717) is 5.88 Å². The van der Waals surface area contributed by atoms with Crippen LogP contribution in [0.3, 0.4) is 0 Å². The standard InChI is InChI=1S/C16H19NO2/c1-10-7-11(2)12(3)15(8-10)19-16-9-14(13(4)18)5-6-17-16/h5-9,13,18H,1-4H3/t13-/m1/s1. The molecular weight excluding hydrogens is 238 g/mol. The van der Waals surface area contributed by atoms with Crippen molar-refractivity contribution in [2.45, 2.75) is 33.8 Å². The van der Waals surface area contributed by atoms with E-state index in [2.05, 4.69) is 18.0 Å². The molecule has 3 nitrogen and oxygen atoms in total. The van der Waals surface area contributed by atoms with E-state index in [4.69, 9.17) is 4.74 Å². The van der Waals surface area contributed by atoms with Gasteiger partial charge in [0.25, 0.3) is 0 Å². The van der Waals surface area contributed by atoms with Gasteiger partial charge in [-0.15, -0.1) is 0 Å². The smallest absolute Gasteiger partial charge is 0.219 e. The van der Waals surface area contributed by atoms with E-state index in [9.17, 15) is 5.11 Å². The molecule has 2 rings (SSSR count). The lowest BCUT2D eigenvalue weighted by Crippen LogP contribution is -1.96. The summed E-state index contributed by atoms with van der Waals surface area (Å²) < 4.78 is 5.84. The SMILES string of the molecule is Cc1cc(C)c(C)c(Oc2cc([C@@H](C)O)ccn2)c1. The second-order valence-corrected chi connectivity index (χ2v) is 4.91. The fraction of sp³-hybridized carbons (Fsp3) is 0.312. The van der Waals surface area contributed by atoms with Crippen molar-refractivity contribution in [1.82, 2.24) is 4.98 Å². The van der Waals surface area contributed by atoms with Crippen LogP contribution in [-0.2, 0) is 0 Å². The van der Waals surface area contributed by atoms with Crippen LogP contribution in [-0.4, -0.2) is 10.1 Å². The number of hydrogen-bond acceptors (Lipinski definition) is 3. The highest BCUT2D eigenvalue weighted by atomic mass is 16.5. The highest BCUT2D eigenvalue weighted by Gasteiger charge is 2.08. The Balaban J connectivity index is 2.33. The van der Waals surface area contributed by atoms with E-state index in [-0.39, 0.29) is 0 Å². The molecule has 0 saturated carbocycles. The summed E-state index contributed by atoms with van der Waals surface area (Å²) in [7, 11) is 0. The quantitative estimate of drug-likeness (QED) is 0.908. The largest absolute Gasteiger partial charge is 0.439 e. The summed E-state index contributed by atoms with van der Waals surface area (Å²) in [6.07, 6.45) is 1.13. The molecular formula is C16H19NO2. The summed E-state index contributed by atoms with van der Waals surface area (Å²) in [6, 6.07) is 7.68. The van der Waals surface area contributed by atoms with Gasteiger partial charge in [-0.05, 0) is 62.1 Å². The lowest BCUT2D eigenvalue weighted by atomic mass is 10.1. The van der Waals surface area contributed by atoms with E-state index >= 15 is 0 Å². The van der Waals surface area contributed by atoms with Crippen LogP contribution in [0.2, 0.25) is 0 Å². The van der Waals surface area contributed by atoms with Crippen molar-refractivity contribution < 1.29 is 9.84 Å². The van der Waals surface area contributed by atoms with Gasteiger partial charge in [-0.25, -0.2) is 4.98 Å². The summed E-state index contributed by atoms with van der Waals surface area (Å²) >= 11 is 0. The van der Waals surface area contributed by atoms with E-state index < -0.39 is 6.10 Å². The molecule has 0 amide bonds. The minimum absolute atomic E-state index is 0.506. The number of aliphatic hydroxyl groups excluding tert-OH is 1. The van der Waals surface area contributed by atoms with Crippen LogP contribution in [0.4, 0.5) is 0 Å². The maximum Gasteiger partial charge on any atom is 0.219 e. The molecule has 0 aliphatic rings. The summed E-state index contributed by atoms with van der Waals surface area (Å²) in [5, 5.41) is 9.57. The number of aromatic nitrogens is 1. The number of aryl methyl sites for hydroxylation is 2. The van der Waals surface area contributed by atoms with Crippen molar-refractivity contribution >= 4 is 0 Å². The first-order valence-corrected chi connectivity index (χ1v) is 6.37. The molecule has 100 valence electrons. The lowest BCUT2D eigenvalue weighted by Gasteiger charge is -2.12. The third-order valence-electron chi connectivity index (χ3n) is 3.22. The van der Waals surface area contributed by atoms with E-state index in [1.165, 1.54) is 5.56 Å². The normalized spacial score (nSPS) is 12.3. The van der Waals surface area contributed by atoms with Crippen LogP contribution in [0.15, 0.2) is 30.5 Å². The fourth-order valence-electron chi connectivity index (χ4n) is 1.96. The first kappa shape index (κ1) is 13.6. The van der Waals surface area contributed by atoms with Crippen LogP contribution in [0.25, 0.3) is 0 Å². The lowest BCUT2D eigenvalue weighted by molar-refractivity contribution is 0.198. The van der Waals surface area contributed by atoms with E-state index in [1.807, 2.05) is 19.9 Å². The second kappa shape index (κ2) is 5.41. The zero-order chi connectivity index (χ0) is 14.0. The number of nitrogens with zero attached hydrogens (tertiary/aromatic N) is 1. The Bertz CT molecular complexity index is 591. The predicted molar refractivity (Wildman–Crippen MR) is 75.6 cm³/mol.